The molecule has 2 saturated carbocycles. The first kappa shape index (κ1) is 18.8. The molecule has 28 heavy (non-hydrogen) atoms. The second-order valence-electron chi connectivity index (χ2n) is 8.14. The molecule has 2 fully saturated rings. The number of benzene rings is 1. The average molecular weight is 381 g/mol. The van der Waals surface area contributed by atoms with E-state index in [1.54, 1.807) is 12.4 Å². The zero-order valence-corrected chi connectivity index (χ0v) is 16.2. The quantitative estimate of drug-likeness (QED) is 0.691. The topological polar surface area (TPSA) is 68.7 Å². The van der Waals surface area contributed by atoms with Gasteiger partial charge >= 0.3 is 5.97 Å². The fraction of sp³-hybridized carbons (Fsp3) is 0.478. The van der Waals surface area contributed by atoms with E-state index in [1.807, 2.05) is 43.3 Å². The lowest BCUT2D eigenvalue weighted by molar-refractivity contribution is -0.142. The van der Waals surface area contributed by atoms with Gasteiger partial charge in [-0.15, -0.1) is 0 Å². The van der Waals surface area contributed by atoms with Gasteiger partial charge in [0.2, 0.25) is 0 Å². The Morgan fingerprint density at radius 3 is 2.68 bits per heavy atom. The Hall–Kier alpha value is -2.56. The van der Waals surface area contributed by atoms with Crippen LogP contribution in [0.15, 0.2) is 48.8 Å². The van der Waals surface area contributed by atoms with Crippen LogP contribution < -0.4 is 9.47 Å². The van der Waals surface area contributed by atoms with Crippen LogP contribution in [0.25, 0.3) is 0 Å². The number of rotatable bonds is 9. The predicted molar refractivity (Wildman–Crippen MR) is 106 cm³/mol. The van der Waals surface area contributed by atoms with Crippen LogP contribution in [-0.2, 0) is 4.79 Å². The summed E-state index contributed by atoms with van der Waals surface area (Å²) in [4.78, 5) is 15.6. The van der Waals surface area contributed by atoms with Crippen molar-refractivity contribution in [2.24, 2.45) is 17.8 Å². The van der Waals surface area contributed by atoms with E-state index in [1.165, 1.54) is 0 Å². The molecule has 4 rings (SSSR count). The van der Waals surface area contributed by atoms with Crippen LogP contribution in [0.1, 0.15) is 44.1 Å². The van der Waals surface area contributed by atoms with Crippen LogP contribution in [0, 0.1) is 17.8 Å². The second kappa shape index (κ2) is 8.21. The number of nitrogens with zero attached hydrogens (tertiary/aromatic N) is 1. The summed E-state index contributed by atoms with van der Waals surface area (Å²) in [5.41, 5.74) is 1.08. The first-order chi connectivity index (χ1) is 13.6. The summed E-state index contributed by atoms with van der Waals surface area (Å²) in [6, 6.07) is 11.8. The molecule has 0 aliphatic heterocycles. The van der Waals surface area contributed by atoms with Gasteiger partial charge in [0.1, 0.15) is 11.5 Å². The Morgan fingerprint density at radius 1 is 1.21 bits per heavy atom. The molecular weight excluding hydrogens is 354 g/mol. The fourth-order valence-corrected chi connectivity index (χ4v) is 4.12. The summed E-state index contributed by atoms with van der Waals surface area (Å²) in [5.74, 6) is 1.59. The molecule has 0 spiro atoms. The third-order valence-corrected chi connectivity index (χ3v) is 5.92. The van der Waals surface area contributed by atoms with Gasteiger partial charge in [0.15, 0.2) is 0 Å². The van der Waals surface area contributed by atoms with Crippen molar-refractivity contribution in [1.29, 1.82) is 0 Å². The molecule has 1 aromatic heterocycles. The van der Waals surface area contributed by atoms with Gasteiger partial charge in [-0.25, -0.2) is 0 Å². The first-order valence-corrected chi connectivity index (χ1v) is 10.1. The van der Waals surface area contributed by atoms with Gasteiger partial charge in [0.05, 0.1) is 24.8 Å². The minimum Gasteiger partial charge on any atom is -0.493 e. The highest BCUT2D eigenvalue weighted by atomic mass is 16.5. The molecular formula is C23H27NO4. The van der Waals surface area contributed by atoms with Gasteiger partial charge in [-0.1, -0.05) is 19.1 Å². The summed E-state index contributed by atoms with van der Waals surface area (Å²) in [6.45, 7) is 2.48. The van der Waals surface area contributed by atoms with E-state index >= 15 is 0 Å². The largest absolute Gasteiger partial charge is 0.493 e. The predicted octanol–water partition coefficient (Wildman–Crippen LogP) is 4.53. The zero-order chi connectivity index (χ0) is 19.5. The maximum absolute atomic E-state index is 11.5. The number of aromatic nitrogens is 1. The van der Waals surface area contributed by atoms with Crippen LogP contribution in [0.4, 0.5) is 0 Å². The van der Waals surface area contributed by atoms with Crippen molar-refractivity contribution >= 4 is 5.97 Å². The van der Waals surface area contributed by atoms with Gasteiger partial charge in [-0.2, -0.15) is 0 Å². The van der Waals surface area contributed by atoms with E-state index in [0.717, 1.165) is 42.7 Å². The maximum Gasteiger partial charge on any atom is 0.306 e. The Kier molecular flexibility index (Phi) is 5.51. The fourth-order valence-electron chi connectivity index (χ4n) is 4.12. The summed E-state index contributed by atoms with van der Waals surface area (Å²) < 4.78 is 11.9. The van der Waals surface area contributed by atoms with Crippen molar-refractivity contribution in [3.63, 3.8) is 0 Å². The van der Waals surface area contributed by atoms with Gasteiger partial charge in [-0.05, 0) is 73.3 Å². The highest BCUT2D eigenvalue weighted by Crippen LogP contribution is 2.47. The van der Waals surface area contributed by atoms with Crippen LogP contribution in [0.3, 0.4) is 0 Å². The molecule has 5 heteroatoms. The molecule has 0 unspecified atom stereocenters. The number of carbonyl (C=O) groups is 1. The minimum atomic E-state index is -0.725. The van der Waals surface area contributed by atoms with Crippen LogP contribution >= 0.6 is 0 Å². The lowest BCUT2D eigenvalue weighted by atomic mass is 9.82. The number of hydrogen-bond donors (Lipinski definition) is 1. The van der Waals surface area contributed by atoms with Crippen molar-refractivity contribution in [2.45, 2.75) is 44.6 Å². The molecule has 1 N–H and O–H groups in total. The minimum absolute atomic E-state index is 0.0713. The number of pyridine rings is 1. The van der Waals surface area contributed by atoms with Gasteiger partial charge < -0.3 is 14.6 Å². The molecule has 0 saturated heterocycles. The molecule has 0 amide bonds. The zero-order valence-electron chi connectivity index (χ0n) is 16.2. The number of carboxylic acid groups (broad SMARTS) is 1. The summed E-state index contributed by atoms with van der Waals surface area (Å²) in [6.07, 6.45) is 7.92. The van der Waals surface area contributed by atoms with Crippen molar-refractivity contribution in [3.8, 4) is 11.5 Å². The molecule has 0 bridgehead atoms. The van der Waals surface area contributed by atoms with Crippen molar-refractivity contribution < 1.29 is 19.4 Å². The summed E-state index contributed by atoms with van der Waals surface area (Å²) in [5, 5.41) is 9.46. The normalized spacial score (nSPS) is 23.3. The van der Waals surface area contributed by atoms with E-state index in [2.05, 4.69) is 4.98 Å². The van der Waals surface area contributed by atoms with Gasteiger partial charge in [-0.3, -0.25) is 9.78 Å². The van der Waals surface area contributed by atoms with Gasteiger partial charge in [0, 0.05) is 6.20 Å². The highest BCUT2D eigenvalue weighted by molar-refractivity contribution is 5.71. The summed E-state index contributed by atoms with van der Waals surface area (Å²) in [7, 11) is 0. The van der Waals surface area contributed by atoms with E-state index in [9.17, 15) is 9.90 Å². The second-order valence-corrected chi connectivity index (χ2v) is 8.14. The number of carboxylic acids is 1. The average Bonchev–Trinajstić information content (AvgIpc) is 3.49. The van der Waals surface area contributed by atoms with E-state index < -0.39 is 5.97 Å². The molecule has 148 valence electrons. The molecule has 2 aromatic rings. The van der Waals surface area contributed by atoms with Crippen LogP contribution in [-0.4, -0.2) is 28.8 Å². The highest BCUT2D eigenvalue weighted by Gasteiger charge is 2.38. The van der Waals surface area contributed by atoms with Gasteiger partial charge in [0.25, 0.3) is 0 Å². The SMILES string of the molecule is C[C@H](C(=O)O)[C@H](c1cccc(OCC2CC(Oc3cccnc3)C2)c1)C1CC1. The number of ether oxygens (including phenoxy) is 2. The molecule has 2 atom stereocenters. The molecule has 0 radical (unpaired) electrons. The number of aliphatic carboxylic acids is 1. The van der Waals surface area contributed by atoms with Crippen LogP contribution in [0.2, 0.25) is 0 Å². The third-order valence-electron chi connectivity index (χ3n) is 5.92. The monoisotopic (exact) mass is 381 g/mol. The third kappa shape index (κ3) is 4.46. The molecule has 5 nitrogen and oxygen atoms in total. The molecule has 1 heterocycles. The first-order valence-electron chi connectivity index (χ1n) is 10.1. The van der Waals surface area contributed by atoms with Crippen molar-refractivity contribution in [1.82, 2.24) is 4.98 Å². The van der Waals surface area contributed by atoms with Crippen LogP contribution in [0.5, 0.6) is 11.5 Å². The molecule has 2 aliphatic carbocycles. The number of hydrogen-bond acceptors (Lipinski definition) is 4. The summed E-state index contributed by atoms with van der Waals surface area (Å²) >= 11 is 0. The standard InChI is InChI=1S/C23H27NO4/c1-15(23(25)26)22(17-7-8-17)18-4-2-5-19(12-18)27-14-16-10-21(11-16)28-20-6-3-9-24-13-20/h2-6,9,12-13,15-17,21-22H,7-8,10-11,14H2,1H3,(H,25,26)/t15-,16?,21?,22-/m0/s1. The molecule has 1 aromatic carbocycles. The Bertz CT molecular complexity index is 799. The maximum atomic E-state index is 11.5. The molecule has 2 aliphatic rings. The Balaban J connectivity index is 1.29. The Labute approximate surface area is 165 Å². The van der Waals surface area contributed by atoms with E-state index in [4.69, 9.17) is 9.47 Å². The van der Waals surface area contributed by atoms with E-state index in [0.29, 0.717) is 18.4 Å². The lowest BCUT2D eigenvalue weighted by Gasteiger charge is -2.35. The smallest absolute Gasteiger partial charge is 0.306 e. The lowest BCUT2D eigenvalue weighted by Crippen LogP contribution is -2.37. The van der Waals surface area contributed by atoms with Crippen molar-refractivity contribution in [2.75, 3.05) is 6.61 Å². The van der Waals surface area contributed by atoms with Crippen molar-refractivity contribution in [3.05, 3.63) is 54.4 Å². The van der Waals surface area contributed by atoms with E-state index in [-0.39, 0.29) is 17.9 Å². The Morgan fingerprint density at radius 2 is 2.00 bits per heavy atom.